The van der Waals surface area contributed by atoms with Crippen LogP contribution in [0.2, 0.25) is 0 Å². The molecule has 0 aromatic heterocycles. The minimum Gasteiger partial charge on any atom is -0.399 e. The van der Waals surface area contributed by atoms with Crippen molar-refractivity contribution < 1.29 is 9.90 Å². The Labute approximate surface area is 108 Å². The number of aliphatic hydroxyl groups is 1. The van der Waals surface area contributed by atoms with E-state index in [1.54, 1.807) is 0 Å². The molecule has 0 aliphatic rings. The first kappa shape index (κ1) is 14.5. The zero-order valence-corrected chi connectivity index (χ0v) is 10.7. The fourth-order valence-electron chi connectivity index (χ4n) is 1.74. The number of amides is 1. The summed E-state index contributed by atoms with van der Waals surface area (Å²) in [5.41, 5.74) is 7.49. The molecule has 1 amide bonds. The topological polar surface area (TPSA) is 75.4 Å². The zero-order chi connectivity index (χ0) is 13.2. The van der Waals surface area contributed by atoms with Gasteiger partial charge in [0.05, 0.1) is 0 Å². The summed E-state index contributed by atoms with van der Waals surface area (Å²) in [6.45, 7) is 0.916. The molecule has 0 aliphatic heterocycles. The highest BCUT2D eigenvalue weighted by molar-refractivity contribution is 5.76. The third-order valence-corrected chi connectivity index (χ3v) is 2.75. The molecule has 0 radical (unpaired) electrons. The summed E-state index contributed by atoms with van der Waals surface area (Å²) in [7, 11) is 0. The predicted octanol–water partition coefficient (Wildman–Crippen LogP) is 1.48. The van der Waals surface area contributed by atoms with Crippen LogP contribution in [0, 0.1) is 0 Å². The Morgan fingerprint density at radius 3 is 2.83 bits per heavy atom. The van der Waals surface area contributed by atoms with Crippen LogP contribution < -0.4 is 11.1 Å². The van der Waals surface area contributed by atoms with Gasteiger partial charge in [-0.1, -0.05) is 12.1 Å². The number of benzene rings is 1. The number of nitrogen functional groups attached to an aromatic ring is 1. The van der Waals surface area contributed by atoms with Crippen LogP contribution in [0.3, 0.4) is 0 Å². The van der Waals surface area contributed by atoms with E-state index in [1.807, 2.05) is 24.3 Å². The highest BCUT2D eigenvalue weighted by atomic mass is 16.2. The van der Waals surface area contributed by atoms with Crippen molar-refractivity contribution in [1.82, 2.24) is 5.32 Å². The molecule has 100 valence electrons. The Balaban J connectivity index is 2.13. The summed E-state index contributed by atoms with van der Waals surface area (Å²) in [4.78, 5) is 11.5. The smallest absolute Gasteiger partial charge is 0.220 e. The number of carbonyl (C=O) groups excluding carboxylic acids is 1. The van der Waals surface area contributed by atoms with Gasteiger partial charge in [0.25, 0.3) is 0 Å². The quantitative estimate of drug-likeness (QED) is 0.483. The lowest BCUT2D eigenvalue weighted by molar-refractivity contribution is -0.121. The van der Waals surface area contributed by atoms with Crippen LogP contribution in [0.25, 0.3) is 0 Å². The molecule has 4 heteroatoms. The van der Waals surface area contributed by atoms with E-state index >= 15 is 0 Å². The fraction of sp³-hybridized carbons (Fsp3) is 0.500. The van der Waals surface area contributed by atoms with Crippen LogP contribution >= 0.6 is 0 Å². The molecule has 0 saturated heterocycles. The van der Waals surface area contributed by atoms with Crippen LogP contribution in [-0.2, 0) is 11.2 Å². The third-order valence-electron chi connectivity index (χ3n) is 2.75. The number of nitrogens with two attached hydrogens (primary N) is 1. The van der Waals surface area contributed by atoms with Crippen molar-refractivity contribution in [3.63, 3.8) is 0 Å². The van der Waals surface area contributed by atoms with Crippen molar-refractivity contribution in [2.45, 2.75) is 32.1 Å². The number of nitrogens with one attached hydrogen (secondary N) is 1. The Morgan fingerprint density at radius 2 is 2.11 bits per heavy atom. The number of hydrogen-bond acceptors (Lipinski definition) is 3. The van der Waals surface area contributed by atoms with E-state index < -0.39 is 0 Å². The second kappa shape index (κ2) is 8.53. The molecular weight excluding hydrogens is 228 g/mol. The maximum atomic E-state index is 11.5. The Bertz CT molecular complexity index is 367. The average Bonchev–Trinajstić information content (AvgIpc) is 2.36. The second-order valence-corrected chi connectivity index (χ2v) is 4.38. The molecular formula is C14H22N2O2. The van der Waals surface area contributed by atoms with Gasteiger partial charge < -0.3 is 16.2 Å². The number of carbonyl (C=O) groups is 1. The summed E-state index contributed by atoms with van der Waals surface area (Å²) in [5, 5.41) is 11.5. The molecule has 0 heterocycles. The molecule has 0 atom stereocenters. The summed E-state index contributed by atoms with van der Waals surface area (Å²) in [6, 6.07) is 7.61. The zero-order valence-electron chi connectivity index (χ0n) is 10.7. The second-order valence-electron chi connectivity index (χ2n) is 4.38. The minimum atomic E-state index is 0.0708. The first-order chi connectivity index (χ1) is 8.72. The molecule has 4 N–H and O–H groups in total. The normalized spacial score (nSPS) is 10.3. The average molecular weight is 250 g/mol. The lowest BCUT2D eigenvalue weighted by Gasteiger charge is -2.05. The number of unbranched alkanes of at least 4 members (excludes halogenated alkanes) is 2. The van der Waals surface area contributed by atoms with E-state index in [0.29, 0.717) is 19.4 Å². The molecule has 0 saturated carbocycles. The highest BCUT2D eigenvalue weighted by Gasteiger charge is 2.01. The SMILES string of the molecule is Nc1cccc(CCC(=O)NCCCCCO)c1. The van der Waals surface area contributed by atoms with E-state index in [0.717, 1.165) is 30.5 Å². The molecule has 1 aromatic carbocycles. The molecule has 18 heavy (non-hydrogen) atoms. The van der Waals surface area contributed by atoms with Gasteiger partial charge in [-0.3, -0.25) is 4.79 Å². The van der Waals surface area contributed by atoms with Crippen LogP contribution in [0.15, 0.2) is 24.3 Å². The molecule has 4 nitrogen and oxygen atoms in total. The van der Waals surface area contributed by atoms with Crippen LogP contribution in [0.4, 0.5) is 5.69 Å². The minimum absolute atomic E-state index is 0.0708. The van der Waals surface area contributed by atoms with Crippen molar-refractivity contribution in [2.24, 2.45) is 0 Å². The van der Waals surface area contributed by atoms with Crippen molar-refractivity contribution >= 4 is 11.6 Å². The van der Waals surface area contributed by atoms with Crippen molar-refractivity contribution in [3.8, 4) is 0 Å². The van der Waals surface area contributed by atoms with Gasteiger partial charge in [0, 0.05) is 25.3 Å². The Kier molecular flexibility index (Phi) is 6.87. The lowest BCUT2D eigenvalue weighted by atomic mass is 10.1. The first-order valence-electron chi connectivity index (χ1n) is 6.44. The van der Waals surface area contributed by atoms with E-state index in [4.69, 9.17) is 10.8 Å². The fourth-order valence-corrected chi connectivity index (χ4v) is 1.74. The van der Waals surface area contributed by atoms with Gasteiger partial charge in [-0.15, -0.1) is 0 Å². The standard InChI is InChI=1S/C14H22N2O2/c15-13-6-4-5-12(11-13)7-8-14(18)16-9-2-1-3-10-17/h4-6,11,17H,1-3,7-10,15H2,(H,16,18). The van der Waals surface area contributed by atoms with E-state index in [1.165, 1.54) is 0 Å². The summed E-state index contributed by atoms with van der Waals surface area (Å²) < 4.78 is 0. The molecule has 1 rings (SSSR count). The molecule has 1 aromatic rings. The molecule has 0 unspecified atom stereocenters. The number of anilines is 1. The van der Waals surface area contributed by atoms with Gasteiger partial charge in [0.15, 0.2) is 0 Å². The summed E-state index contributed by atoms with van der Waals surface area (Å²) >= 11 is 0. The molecule has 0 bridgehead atoms. The van der Waals surface area contributed by atoms with Crippen molar-refractivity contribution in [3.05, 3.63) is 29.8 Å². The Hall–Kier alpha value is -1.55. The number of aryl methyl sites for hydroxylation is 1. The van der Waals surface area contributed by atoms with Gasteiger partial charge in [-0.2, -0.15) is 0 Å². The van der Waals surface area contributed by atoms with Crippen molar-refractivity contribution in [1.29, 1.82) is 0 Å². The highest BCUT2D eigenvalue weighted by Crippen LogP contribution is 2.08. The largest absolute Gasteiger partial charge is 0.399 e. The number of aliphatic hydroxyl groups excluding tert-OH is 1. The molecule has 0 aliphatic carbocycles. The molecule has 0 spiro atoms. The monoisotopic (exact) mass is 250 g/mol. The van der Waals surface area contributed by atoms with Gasteiger partial charge in [0.2, 0.25) is 5.91 Å². The van der Waals surface area contributed by atoms with Gasteiger partial charge in [-0.25, -0.2) is 0 Å². The maximum absolute atomic E-state index is 11.5. The van der Waals surface area contributed by atoms with Crippen molar-refractivity contribution in [2.75, 3.05) is 18.9 Å². The molecule has 0 fully saturated rings. The van der Waals surface area contributed by atoms with Gasteiger partial charge in [-0.05, 0) is 43.4 Å². The lowest BCUT2D eigenvalue weighted by Crippen LogP contribution is -2.24. The predicted molar refractivity (Wildman–Crippen MR) is 73.1 cm³/mol. The number of rotatable bonds is 8. The maximum Gasteiger partial charge on any atom is 0.220 e. The summed E-state index contributed by atoms with van der Waals surface area (Å²) in [6.07, 6.45) is 3.88. The first-order valence-corrected chi connectivity index (χ1v) is 6.44. The Morgan fingerprint density at radius 1 is 1.28 bits per heavy atom. The summed E-state index contributed by atoms with van der Waals surface area (Å²) in [5.74, 6) is 0.0708. The van der Waals surface area contributed by atoms with E-state index in [2.05, 4.69) is 5.32 Å². The van der Waals surface area contributed by atoms with E-state index in [9.17, 15) is 4.79 Å². The van der Waals surface area contributed by atoms with Gasteiger partial charge >= 0.3 is 0 Å². The van der Waals surface area contributed by atoms with Crippen LogP contribution in [0.5, 0.6) is 0 Å². The van der Waals surface area contributed by atoms with Crippen LogP contribution in [-0.4, -0.2) is 24.2 Å². The van der Waals surface area contributed by atoms with Gasteiger partial charge in [0.1, 0.15) is 0 Å². The number of hydrogen-bond donors (Lipinski definition) is 3. The van der Waals surface area contributed by atoms with E-state index in [-0.39, 0.29) is 12.5 Å². The third kappa shape index (κ3) is 6.25. The van der Waals surface area contributed by atoms with Crippen LogP contribution in [0.1, 0.15) is 31.2 Å².